The molecule has 8 nitrogen and oxygen atoms in total. The van der Waals surface area contributed by atoms with E-state index in [2.05, 4.69) is 15.1 Å². The predicted octanol–water partition coefficient (Wildman–Crippen LogP) is 0.589. The van der Waals surface area contributed by atoms with Gasteiger partial charge in [-0.05, 0) is 19.9 Å². The van der Waals surface area contributed by atoms with Gasteiger partial charge in [-0.3, -0.25) is 4.68 Å². The molecule has 1 aliphatic heterocycles. The van der Waals surface area contributed by atoms with Crippen LogP contribution < -0.4 is 0 Å². The molecule has 0 amide bonds. The molecule has 0 aliphatic carbocycles. The van der Waals surface area contributed by atoms with Gasteiger partial charge in [-0.2, -0.15) is 9.40 Å². The molecule has 1 unspecified atom stereocenters. The quantitative estimate of drug-likeness (QED) is 0.814. The van der Waals surface area contributed by atoms with Gasteiger partial charge in [-0.1, -0.05) is 0 Å². The van der Waals surface area contributed by atoms with Crippen LogP contribution in [0.2, 0.25) is 0 Å². The summed E-state index contributed by atoms with van der Waals surface area (Å²) < 4.78 is 34.3. The molecule has 1 aliphatic rings. The maximum absolute atomic E-state index is 12.8. The van der Waals surface area contributed by atoms with Crippen molar-refractivity contribution < 1.29 is 13.2 Å². The molecule has 1 fully saturated rings. The Labute approximate surface area is 135 Å². The van der Waals surface area contributed by atoms with E-state index in [0.29, 0.717) is 24.7 Å². The Balaban J connectivity index is 1.87. The number of ether oxygens (including phenoxy) is 1. The lowest BCUT2D eigenvalue weighted by molar-refractivity contribution is -0.00762. The van der Waals surface area contributed by atoms with Crippen LogP contribution in [0.3, 0.4) is 0 Å². The number of hydrogen-bond acceptors (Lipinski definition) is 6. The molecule has 0 spiro atoms. The van der Waals surface area contributed by atoms with Crippen LogP contribution in [0.1, 0.15) is 23.3 Å². The lowest BCUT2D eigenvalue weighted by atomic mass is 10.3. The average molecular weight is 337 g/mol. The second-order valence-corrected chi connectivity index (χ2v) is 7.44. The van der Waals surface area contributed by atoms with Crippen molar-refractivity contribution >= 4 is 10.0 Å². The van der Waals surface area contributed by atoms with E-state index in [4.69, 9.17) is 4.74 Å². The summed E-state index contributed by atoms with van der Waals surface area (Å²) in [6.07, 6.45) is 2.72. The van der Waals surface area contributed by atoms with E-state index in [9.17, 15) is 8.42 Å². The maximum atomic E-state index is 12.8. The van der Waals surface area contributed by atoms with Crippen LogP contribution in [0.15, 0.2) is 23.4 Å². The third kappa shape index (κ3) is 3.12. The summed E-state index contributed by atoms with van der Waals surface area (Å²) in [6, 6.07) is 1.79. The van der Waals surface area contributed by atoms with Gasteiger partial charge in [0, 0.05) is 38.2 Å². The summed E-state index contributed by atoms with van der Waals surface area (Å²) in [7, 11) is -1.91. The number of aryl methyl sites for hydroxylation is 3. The molecule has 0 saturated carbocycles. The standard InChI is InChI=1S/C14H19N5O3S/c1-10-4-5-15-14(16-10)12-8-19(6-7-22-12)23(20,21)13-9-18(3)17-11(13)2/h4-5,9,12H,6-8H2,1-3H3. The van der Waals surface area contributed by atoms with Crippen LogP contribution in [0, 0.1) is 13.8 Å². The van der Waals surface area contributed by atoms with E-state index in [1.165, 1.54) is 15.2 Å². The Morgan fingerprint density at radius 2 is 2.13 bits per heavy atom. The number of aromatic nitrogens is 4. The predicted molar refractivity (Wildman–Crippen MR) is 82.2 cm³/mol. The summed E-state index contributed by atoms with van der Waals surface area (Å²) in [5, 5.41) is 4.12. The van der Waals surface area contributed by atoms with Gasteiger partial charge >= 0.3 is 0 Å². The fraction of sp³-hybridized carbons (Fsp3) is 0.500. The van der Waals surface area contributed by atoms with Gasteiger partial charge in [0.05, 0.1) is 12.3 Å². The Hall–Kier alpha value is -1.84. The van der Waals surface area contributed by atoms with Crippen LogP contribution in [-0.4, -0.2) is 52.2 Å². The van der Waals surface area contributed by atoms with Crippen molar-refractivity contribution in [2.24, 2.45) is 7.05 Å². The molecule has 2 aromatic rings. The van der Waals surface area contributed by atoms with Crippen molar-refractivity contribution in [1.82, 2.24) is 24.1 Å². The molecule has 3 rings (SSSR count). The molecule has 2 aromatic heterocycles. The highest BCUT2D eigenvalue weighted by molar-refractivity contribution is 7.89. The zero-order valence-electron chi connectivity index (χ0n) is 13.3. The van der Waals surface area contributed by atoms with Crippen molar-refractivity contribution in [2.75, 3.05) is 19.7 Å². The van der Waals surface area contributed by atoms with Crippen LogP contribution in [0.25, 0.3) is 0 Å². The van der Waals surface area contributed by atoms with Crippen molar-refractivity contribution in [3.05, 3.63) is 35.7 Å². The summed E-state index contributed by atoms with van der Waals surface area (Å²) in [5.41, 5.74) is 1.31. The smallest absolute Gasteiger partial charge is 0.246 e. The van der Waals surface area contributed by atoms with Gasteiger partial charge in [0.2, 0.25) is 10.0 Å². The van der Waals surface area contributed by atoms with Crippen LogP contribution >= 0.6 is 0 Å². The van der Waals surface area contributed by atoms with Crippen molar-refractivity contribution in [3.8, 4) is 0 Å². The summed E-state index contributed by atoms with van der Waals surface area (Å²) in [5.74, 6) is 0.507. The Bertz CT molecular complexity index is 818. The monoisotopic (exact) mass is 337 g/mol. The number of hydrogen-bond donors (Lipinski definition) is 0. The number of rotatable bonds is 3. The molecule has 0 N–H and O–H groups in total. The molecule has 9 heteroatoms. The zero-order chi connectivity index (χ0) is 16.6. The van der Waals surface area contributed by atoms with Gasteiger partial charge in [-0.15, -0.1) is 0 Å². The lowest BCUT2D eigenvalue weighted by Gasteiger charge is -2.31. The summed E-state index contributed by atoms with van der Waals surface area (Å²) in [6.45, 7) is 4.36. The van der Waals surface area contributed by atoms with Gasteiger partial charge in [0.25, 0.3) is 0 Å². The highest BCUT2D eigenvalue weighted by atomic mass is 32.2. The third-order valence-corrected chi connectivity index (χ3v) is 5.68. The third-order valence-electron chi connectivity index (χ3n) is 3.72. The first kappa shape index (κ1) is 16.0. The Morgan fingerprint density at radius 3 is 2.78 bits per heavy atom. The molecule has 124 valence electrons. The first-order valence-electron chi connectivity index (χ1n) is 7.29. The molecular weight excluding hydrogens is 318 g/mol. The van der Waals surface area contributed by atoms with E-state index in [0.717, 1.165) is 5.69 Å². The zero-order valence-corrected chi connectivity index (χ0v) is 14.1. The van der Waals surface area contributed by atoms with Crippen LogP contribution in [0.5, 0.6) is 0 Å². The molecule has 3 heterocycles. The van der Waals surface area contributed by atoms with E-state index >= 15 is 0 Å². The second-order valence-electron chi connectivity index (χ2n) is 5.53. The minimum absolute atomic E-state index is 0.195. The van der Waals surface area contributed by atoms with E-state index in [1.807, 2.05) is 6.92 Å². The lowest BCUT2D eigenvalue weighted by Crippen LogP contribution is -2.42. The van der Waals surface area contributed by atoms with E-state index in [1.54, 1.807) is 26.2 Å². The first-order valence-corrected chi connectivity index (χ1v) is 8.73. The maximum Gasteiger partial charge on any atom is 0.246 e. The molecule has 0 bridgehead atoms. The topological polar surface area (TPSA) is 90.2 Å². The van der Waals surface area contributed by atoms with Crippen molar-refractivity contribution in [1.29, 1.82) is 0 Å². The van der Waals surface area contributed by atoms with Crippen LogP contribution in [0.4, 0.5) is 0 Å². The molecule has 23 heavy (non-hydrogen) atoms. The molecular formula is C14H19N5O3S. The highest BCUT2D eigenvalue weighted by Gasteiger charge is 2.34. The SMILES string of the molecule is Cc1ccnc(C2CN(S(=O)(=O)c3cn(C)nc3C)CCO2)n1. The van der Waals surface area contributed by atoms with E-state index < -0.39 is 16.1 Å². The minimum atomic E-state index is -3.61. The molecule has 1 atom stereocenters. The largest absolute Gasteiger partial charge is 0.367 e. The number of nitrogens with zero attached hydrogens (tertiary/aromatic N) is 5. The molecule has 0 aromatic carbocycles. The van der Waals surface area contributed by atoms with Crippen molar-refractivity contribution in [2.45, 2.75) is 24.8 Å². The van der Waals surface area contributed by atoms with Crippen molar-refractivity contribution in [3.63, 3.8) is 0 Å². The summed E-state index contributed by atoms with van der Waals surface area (Å²) >= 11 is 0. The Kier molecular flexibility index (Phi) is 4.17. The normalized spacial score (nSPS) is 19.9. The minimum Gasteiger partial charge on any atom is -0.367 e. The van der Waals surface area contributed by atoms with Gasteiger partial charge < -0.3 is 4.74 Å². The van der Waals surface area contributed by atoms with Gasteiger partial charge in [0.1, 0.15) is 11.0 Å². The highest BCUT2D eigenvalue weighted by Crippen LogP contribution is 2.25. The Morgan fingerprint density at radius 1 is 1.35 bits per heavy atom. The van der Waals surface area contributed by atoms with Crippen LogP contribution in [-0.2, 0) is 21.8 Å². The second kappa shape index (κ2) is 5.99. The number of morpholine rings is 1. The van der Waals surface area contributed by atoms with Gasteiger partial charge in [-0.25, -0.2) is 18.4 Å². The number of sulfonamides is 1. The molecule has 1 saturated heterocycles. The van der Waals surface area contributed by atoms with Gasteiger partial charge in [0.15, 0.2) is 5.82 Å². The fourth-order valence-electron chi connectivity index (χ4n) is 2.59. The fourth-order valence-corrected chi connectivity index (χ4v) is 4.22. The van der Waals surface area contributed by atoms with E-state index in [-0.39, 0.29) is 11.4 Å². The first-order chi connectivity index (χ1) is 10.9. The molecule has 0 radical (unpaired) electrons. The summed E-state index contributed by atoms with van der Waals surface area (Å²) in [4.78, 5) is 8.76. The average Bonchev–Trinajstić information content (AvgIpc) is 2.87.